The second-order valence-electron chi connectivity index (χ2n) is 6.84. The van der Waals surface area contributed by atoms with E-state index in [1.807, 2.05) is 29.2 Å². The van der Waals surface area contributed by atoms with Crippen LogP contribution in [0.25, 0.3) is 11.1 Å². The highest BCUT2D eigenvalue weighted by atomic mass is 16.5. The molecule has 0 aliphatic carbocycles. The minimum absolute atomic E-state index is 0.0571. The van der Waals surface area contributed by atoms with Gasteiger partial charge in [0.1, 0.15) is 6.17 Å². The molecular formula is C23H22N2O3. The molecule has 0 aromatic heterocycles. The van der Waals surface area contributed by atoms with Gasteiger partial charge in [-0.25, -0.2) is 0 Å². The van der Waals surface area contributed by atoms with E-state index >= 15 is 0 Å². The highest BCUT2D eigenvalue weighted by Gasteiger charge is 2.33. The number of benzene rings is 3. The molecule has 3 aromatic rings. The molecule has 5 nitrogen and oxygen atoms in total. The van der Waals surface area contributed by atoms with Crippen molar-refractivity contribution in [3.63, 3.8) is 0 Å². The van der Waals surface area contributed by atoms with E-state index in [4.69, 9.17) is 4.74 Å². The molecule has 0 spiro atoms. The van der Waals surface area contributed by atoms with Crippen molar-refractivity contribution >= 4 is 5.91 Å². The van der Waals surface area contributed by atoms with Crippen LogP contribution >= 0.6 is 0 Å². The maximum atomic E-state index is 12.1. The van der Waals surface area contributed by atoms with Crippen molar-refractivity contribution in [2.24, 2.45) is 0 Å². The fourth-order valence-corrected chi connectivity index (χ4v) is 3.58. The molecule has 3 aromatic carbocycles. The fraction of sp³-hybridized carbons (Fsp3) is 0.174. The summed E-state index contributed by atoms with van der Waals surface area (Å²) in [6, 6.07) is 23.9. The molecule has 1 saturated heterocycles. The van der Waals surface area contributed by atoms with Crippen molar-refractivity contribution < 1.29 is 14.6 Å². The van der Waals surface area contributed by atoms with E-state index < -0.39 is 6.17 Å². The summed E-state index contributed by atoms with van der Waals surface area (Å²) in [6.45, 7) is 0.872. The Morgan fingerprint density at radius 1 is 1.00 bits per heavy atom. The third kappa shape index (κ3) is 3.57. The average molecular weight is 374 g/mol. The van der Waals surface area contributed by atoms with Crippen molar-refractivity contribution in [1.82, 2.24) is 10.2 Å². The van der Waals surface area contributed by atoms with Gasteiger partial charge in [-0.05, 0) is 22.8 Å². The molecule has 142 valence electrons. The Kier molecular flexibility index (Phi) is 5.00. The normalized spacial score (nSPS) is 16.8. The number of aromatic hydroxyl groups is 1. The van der Waals surface area contributed by atoms with E-state index in [9.17, 15) is 9.90 Å². The summed E-state index contributed by atoms with van der Waals surface area (Å²) in [5.41, 5.74) is 4.06. The van der Waals surface area contributed by atoms with E-state index in [0.717, 1.165) is 11.1 Å². The number of hydrogen-bond donors (Lipinski definition) is 2. The van der Waals surface area contributed by atoms with E-state index in [2.05, 4.69) is 41.7 Å². The van der Waals surface area contributed by atoms with Crippen molar-refractivity contribution in [1.29, 1.82) is 0 Å². The Bertz CT molecular complexity index is 971. The SMILES string of the molecule is COc1cccc(C2NC(=O)CN2Cc2ccc(-c3ccccc3)cc2)c1O. The maximum absolute atomic E-state index is 12.1. The first-order valence-electron chi connectivity index (χ1n) is 9.19. The third-order valence-electron chi connectivity index (χ3n) is 5.00. The van der Waals surface area contributed by atoms with Gasteiger partial charge in [0.05, 0.1) is 13.7 Å². The standard InChI is InChI=1S/C23H22N2O3/c1-28-20-9-5-8-19(22(20)27)23-24-21(26)15-25(23)14-16-10-12-18(13-11-16)17-6-3-2-4-7-17/h2-13,23,27H,14-15H2,1H3,(H,24,26). The Morgan fingerprint density at radius 3 is 2.43 bits per heavy atom. The monoisotopic (exact) mass is 374 g/mol. The highest BCUT2D eigenvalue weighted by Crippen LogP contribution is 2.36. The topological polar surface area (TPSA) is 61.8 Å². The summed E-state index contributed by atoms with van der Waals surface area (Å²) in [4.78, 5) is 14.1. The first-order valence-corrected chi connectivity index (χ1v) is 9.19. The average Bonchev–Trinajstić information content (AvgIpc) is 3.09. The largest absolute Gasteiger partial charge is 0.504 e. The zero-order chi connectivity index (χ0) is 19.5. The van der Waals surface area contributed by atoms with Crippen LogP contribution in [0.2, 0.25) is 0 Å². The summed E-state index contributed by atoms with van der Waals surface area (Å²) in [5.74, 6) is 0.389. The quantitative estimate of drug-likeness (QED) is 0.715. The lowest BCUT2D eigenvalue weighted by Gasteiger charge is -2.24. The number of carbonyl (C=O) groups excluding carboxylic acids is 1. The molecule has 1 heterocycles. The van der Waals surface area contributed by atoms with Crippen molar-refractivity contribution in [2.45, 2.75) is 12.7 Å². The third-order valence-corrected chi connectivity index (χ3v) is 5.00. The lowest BCUT2D eigenvalue weighted by molar-refractivity contribution is -0.118. The lowest BCUT2D eigenvalue weighted by atomic mass is 10.0. The number of rotatable bonds is 5. The van der Waals surface area contributed by atoms with E-state index in [0.29, 0.717) is 17.9 Å². The molecular weight excluding hydrogens is 352 g/mol. The summed E-state index contributed by atoms with van der Waals surface area (Å²) in [7, 11) is 1.51. The molecule has 1 aliphatic heterocycles. The van der Waals surface area contributed by atoms with Crippen LogP contribution in [0, 0.1) is 0 Å². The number of phenolic OH excluding ortho intramolecular Hbond substituents is 1. The van der Waals surface area contributed by atoms with Crippen LogP contribution in [0.15, 0.2) is 72.8 Å². The minimum atomic E-state index is -0.392. The zero-order valence-corrected chi connectivity index (χ0v) is 15.6. The van der Waals surface area contributed by atoms with Crippen LogP contribution in [0.5, 0.6) is 11.5 Å². The Labute approximate surface area is 164 Å². The summed E-state index contributed by atoms with van der Waals surface area (Å²) >= 11 is 0. The number of para-hydroxylation sites is 1. The van der Waals surface area contributed by atoms with Gasteiger partial charge in [-0.15, -0.1) is 0 Å². The van der Waals surface area contributed by atoms with Crippen LogP contribution < -0.4 is 10.1 Å². The molecule has 0 saturated carbocycles. The second-order valence-corrected chi connectivity index (χ2v) is 6.84. The molecule has 1 fully saturated rings. The van der Waals surface area contributed by atoms with Gasteiger partial charge < -0.3 is 15.2 Å². The molecule has 28 heavy (non-hydrogen) atoms. The van der Waals surface area contributed by atoms with Gasteiger partial charge in [0.2, 0.25) is 5.91 Å². The zero-order valence-electron chi connectivity index (χ0n) is 15.6. The van der Waals surface area contributed by atoms with Crippen LogP contribution in [-0.2, 0) is 11.3 Å². The van der Waals surface area contributed by atoms with Gasteiger partial charge in [-0.1, -0.05) is 66.7 Å². The highest BCUT2D eigenvalue weighted by molar-refractivity contribution is 5.81. The van der Waals surface area contributed by atoms with Crippen LogP contribution in [0.1, 0.15) is 17.3 Å². The van der Waals surface area contributed by atoms with Crippen molar-refractivity contribution in [2.75, 3.05) is 13.7 Å². The van der Waals surface area contributed by atoms with Gasteiger partial charge in [0.25, 0.3) is 0 Å². The number of ether oxygens (including phenoxy) is 1. The predicted molar refractivity (Wildman–Crippen MR) is 108 cm³/mol. The molecule has 1 atom stereocenters. The number of hydrogen-bond acceptors (Lipinski definition) is 4. The predicted octanol–water partition coefficient (Wildman–Crippen LogP) is 3.70. The van der Waals surface area contributed by atoms with E-state index in [1.54, 1.807) is 12.1 Å². The molecule has 0 bridgehead atoms. The number of carbonyl (C=O) groups is 1. The molecule has 5 heteroatoms. The first kappa shape index (κ1) is 18.1. The fourth-order valence-electron chi connectivity index (χ4n) is 3.58. The van der Waals surface area contributed by atoms with Crippen molar-refractivity contribution in [3.8, 4) is 22.6 Å². The molecule has 4 rings (SSSR count). The summed E-state index contributed by atoms with van der Waals surface area (Å²) in [5, 5.41) is 13.4. The lowest BCUT2D eigenvalue weighted by Crippen LogP contribution is -2.27. The Morgan fingerprint density at radius 2 is 1.71 bits per heavy atom. The molecule has 1 amide bonds. The number of methoxy groups -OCH3 is 1. The van der Waals surface area contributed by atoms with Gasteiger partial charge in [0, 0.05) is 12.1 Å². The number of phenols is 1. The second kappa shape index (κ2) is 7.74. The number of nitrogens with one attached hydrogen (secondary N) is 1. The van der Waals surface area contributed by atoms with Crippen LogP contribution in [0.3, 0.4) is 0 Å². The molecule has 2 N–H and O–H groups in total. The number of amides is 1. The maximum Gasteiger partial charge on any atom is 0.235 e. The molecule has 1 unspecified atom stereocenters. The molecule has 0 radical (unpaired) electrons. The Balaban J connectivity index is 1.56. The van der Waals surface area contributed by atoms with Gasteiger partial charge in [-0.2, -0.15) is 0 Å². The van der Waals surface area contributed by atoms with Crippen LogP contribution in [-0.4, -0.2) is 29.6 Å². The Hall–Kier alpha value is -3.31. The van der Waals surface area contributed by atoms with E-state index in [-0.39, 0.29) is 18.2 Å². The smallest absolute Gasteiger partial charge is 0.235 e. The molecule has 1 aliphatic rings. The number of nitrogens with zero attached hydrogens (tertiary/aromatic N) is 1. The van der Waals surface area contributed by atoms with Gasteiger partial charge in [-0.3, -0.25) is 9.69 Å². The summed E-state index contributed by atoms with van der Waals surface area (Å²) < 4.78 is 5.20. The van der Waals surface area contributed by atoms with E-state index in [1.165, 1.54) is 12.7 Å². The van der Waals surface area contributed by atoms with Crippen LogP contribution in [0.4, 0.5) is 0 Å². The minimum Gasteiger partial charge on any atom is -0.504 e. The summed E-state index contributed by atoms with van der Waals surface area (Å²) in [6.07, 6.45) is -0.392. The first-order chi connectivity index (χ1) is 13.7. The van der Waals surface area contributed by atoms with Crippen molar-refractivity contribution in [3.05, 3.63) is 83.9 Å². The van der Waals surface area contributed by atoms with Gasteiger partial charge in [0.15, 0.2) is 11.5 Å². The van der Waals surface area contributed by atoms with Gasteiger partial charge >= 0.3 is 0 Å².